The van der Waals surface area contributed by atoms with Crippen LogP contribution in [-0.4, -0.2) is 11.5 Å². The SMILES string of the molecule is CCCC.CCCCCCCCO[PH](=O)O. The lowest BCUT2D eigenvalue weighted by atomic mass is 10.1. The molecule has 0 aliphatic heterocycles. The van der Waals surface area contributed by atoms with Gasteiger partial charge in [-0.15, -0.1) is 0 Å². The third kappa shape index (κ3) is 23.8. The molecule has 0 saturated heterocycles. The van der Waals surface area contributed by atoms with Crippen molar-refractivity contribution in [2.24, 2.45) is 0 Å². The molecule has 3 nitrogen and oxygen atoms in total. The van der Waals surface area contributed by atoms with E-state index in [1.807, 2.05) is 0 Å². The molecule has 0 aliphatic rings. The number of unbranched alkanes of at least 4 members (excludes halogenated alkanes) is 6. The van der Waals surface area contributed by atoms with Crippen molar-refractivity contribution < 1.29 is 14.0 Å². The fraction of sp³-hybridized carbons (Fsp3) is 1.00. The molecule has 0 saturated carbocycles. The van der Waals surface area contributed by atoms with Crippen LogP contribution < -0.4 is 0 Å². The average molecular weight is 252 g/mol. The zero-order chi connectivity index (χ0) is 12.6. The Morgan fingerprint density at radius 2 is 1.38 bits per heavy atom. The topological polar surface area (TPSA) is 46.5 Å². The molecule has 0 radical (unpaired) electrons. The number of hydrogen-bond acceptors (Lipinski definition) is 2. The molecule has 0 bridgehead atoms. The van der Waals surface area contributed by atoms with Crippen molar-refractivity contribution in [3.05, 3.63) is 0 Å². The molecule has 0 heterocycles. The summed E-state index contributed by atoms with van der Waals surface area (Å²) in [7, 11) is -2.68. The van der Waals surface area contributed by atoms with E-state index in [-0.39, 0.29) is 0 Å². The van der Waals surface area contributed by atoms with Crippen molar-refractivity contribution in [1.82, 2.24) is 0 Å². The highest BCUT2D eigenvalue weighted by molar-refractivity contribution is 7.32. The quantitative estimate of drug-likeness (QED) is 0.483. The molecule has 4 heteroatoms. The summed E-state index contributed by atoms with van der Waals surface area (Å²) in [5.74, 6) is 0. The number of hydrogen-bond donors (Lipinski definition) is 1. The fourth-order valence-electron chi connectivity index (χ4n) is 1.04. The van der Waals surface area contributed by atoms with E-state index in [0.717, 1.165) is 12.8 Å². The summed E-state index contributed by atoms with van der Waals surface area (Å²) in [5.41, 5.74) is 0. The maximum Gasteiger partial charge on any atom is 0.316 e. The second kappa shape index (κ2) is 17.5. The smallest absolute Gasteiger partial charge is 0.316 e. The molecule has 100 valence electrons. The summed E-state index contributed by atoms with van der Waals surface area (Å²) in [5, 5.41) is 0. The number of rotatable bonds is 9. The molecule has 0 aliphatic carbocycles. The molecule has 0 amide bonds. The molecule has 0 fully saturated rings. The Balaban J connectivity index is 0. The van der Waals surface area contributed by atoms with E-state index in [2.05, 4.69) is 25.3 Å². The van der Waals surface area contributed by atoms with Gasteiger partial charge in [0.05, 0.1) is 6.61 Å². The zero-order valence-electron chi connectivity index (χ0n) is 11.1. The van der Waals surface area contributed by atoms with Crippen LogP contribution in [0.5, 0.6) is 0 Å². The van der Waals surface area contributed by atoms with Gasteiger partial charge in [0.15, 0.2) is 0 Å². The molecule has 1 atom stereocenters. The Bertz CT molecular complexity index is 138. The minimum absolute atomic E-state index is 0.431. The summed E-state index contributed by atoms with van der Waals surface area (Å²) in [4.78, 5) is 8.32. The van der Waals surface area contributed by atoms with Gasteiger partial charge >= 0.3 is 8.25 Å². The minimum Gasteiger partial charge on any atom is -0.326 e. The van der Waals surface area contributed by atoms with Crippen LogP contribution in [0.1, 0.15) is 72.1 Å². The molecule has 0 aromatic rings. The molecule has 0 rings (SSSR count). The normalized spacial score (nSPS) is 11.8. The highest BCUT2D eigenvalue weighted by atomic mass is 31.1. The van der Waals surface area contributed by atoms with Crippen molar-refractivity contribution in [3.8, 4) is 0 Å². The monoisotopic (exact) mass is 252 g/mol. The zero-order valence-corrected chi connectivity index (χ0v) is 12.1. The lowest BCUT2D eigenvalue weighted by Gasteiger charge is -1.99. The first-order valence-corrected chi connectivity index (χ1v) is 7.81. The van der Waals surface area contributed by atoms with E-state index in [4.69, 9.17) is 4.89 Å². The van der Waals surface area contributed by atoms with Crippen molar-refractivity contribution in [3.63, 3.8) is 0 Å². The summed E-state index contributed by atoms with van der Waals surface area (Å²) in [6.07, 6.45) is 9.67. The Hall–Kier alpha value is 0.150. The van der Waals surface area contributed by atoms with Crippen LogP contribution in [0.15, 0.2) is 0 Å². The maximum absolute atomic E-state index is 10.1. The van der Waals surface area contributed by atoms with Crippen LogP contribution in [0.25, 0.3) is 0 Å². The summed E-state index contributed by atoms with van der Waals surface area (Å²) >= 11 is 0. The van der Waals surface area contributed by atoms with Crippen molar-refractivity contribution >= 4 is 8.25 Å². The Morgan fingerprint density at radius 1 is 0.875 bits per heavy atom. The van der Waals surface area contributed by atoms with Gasteiger partial charge in [-0.25, -0.2) is 0 Å². The van der Waals surface area contributed by atoms with Gasteiger partial charge in [0, 0.05) is 0 Å². The average Bonchev–Trinajstić information content (AvgIpc) is 2.28. The lowest BCUT2D eigenvalue weighted by Crippen LogP contribution is -1.86. The third-order valence-electron chi connectivity index (χ3n) is 2.22. The standard InChI is InChI=1S/C8H19O3P.C4H10/c1-2-3-4-5-6-7-8-11-12(9)10;1-3-4-2/h12H,2-8H2,1H3,(H,9,10);3-4H2,1-2H3. The van der Waals surface area contributed by atoms with Gasteiger partial charge in [-0.1, -0.05) is 65.7 Å². The van der Waals surface area contributed by atoms with Crippen molar-refractivity contribution in [1.29, 1.82) is 0 Å². The van der Waals surface area contributed by atoms with Gasteiger partial charge in [0.2, 0.25) is 0 Å². The van der Waals surface area contributed by atoms with Gasteiger partial charge in [-0.3, -0.25) is 4.57 Å². The summed E-state index contributed by atoms with van der Waals surface area (Å²) in [6.45, 7) is 6.97. The third-order valence-corrected chi connectivity index (χ3v) is 2.67. The minimum atomic E-state index is -2.68. The predicted molar refractivity (Wildman–Crippen MR) is 71.1 cm³/mol. The predicted octanol–water partition coefficient (Wildman–Crippen LogP) is 4.55. The second-order valence-electron chi connectivity index (χ2n) is 3.88. The van der Waals surface area contributed by atoms with E-state index in [1.54, 1.807) is 0 Å². The molecular formula is C12H29O3P. The molecule has 1 unspecified atom stereocenters. The Morgan fingerprint density at radius 3 is 1.81 bits per heavy atom. The Labute approximate surface area is 102 Å². The van der Waals surface area contributed by atoms with E-state index in [0.29, 0.717) is 6.61 Å². The van der Waals surface area contributed by atoms with E-state index in [1.165, 1.54) is 38.5 Å². The molecular weight excluding hydrogens is 223 g/mol. The Kier molecular flexibility index (Phi) is 20.3. The van der Waals surface area contributed by atoms with Gasteiger partial charge in [0.1, 0.15) is 0 Å². The fourth-order valence-corrected chi connectivity index (χ4v) is 1.36. The first kappa shape index (κ1) is 18.5. The summed E-state index contributed by atoms with van der Waals surface area (Å²) < 4.78 is 14.6. The van der Waals surface area contributed by atoms with Crippen molar-refractivity contribution in [2.75, 3.05) is 6.61 Å². The molecule has 0 spiro atoms. The molecule has 0 aromatic carbocycles. The van der Waals surface area contributed by atoms with Crippen molar-refractivity contribution in [2.45, 2.75) is 72.1 Å². The molecule has 0 aromatic heterocycles. The van der Waals surface area contributed by atoms with E-state index < -0.39 is 8.25 Å². The van der Waals surface area contributed by atoms with Crippen LogP contribution in [0.4, 0.5) is 0 Å². The van der Waals surface area contributed by atoms with Crippen LogP contribution in [0.2, 0.25) is 0 Å². The summed E-state index contributed by atoms with van der Waals surface area (Å²) in [6, 6.07) is 0. The van der Waals surface area contributed by atoms with Crippen LogP contribution in [0.3, 0.4) is 0 Å². The van der Waals surface area contributed by atoms with Gasteiger partial charge < -0.3 is 9.42 Å². The van der Waals surface area contributed by atoms with Crippen LogP contribution >= 0.6 is 8.25 Å². The van der Waals surface area contributed by atoms with Gasteiger partial charge in [0.25, 0.3) is 0 Å². The first-order valence-electron chi connectivity index (χ1n) is 6.54. The largest absolute Gasteiger partial charge is 0.326 e. The highest BCUT2D eigenvalue weighted by Crippen LogP contribution is 2.15. The lowest BCUT2D eigenvalue weighted by molar-refractivity contribution is 0.273. The molecule has 1 N–H and O–H groups in total. The van der Waals surface area contributed by atoms with E-state index >= 15 is 0 Å². The van der Waals surface area contributed by atoms with Gasteiger partial charge in [-0.2, -0.15) is 0 Å². The van der Waals surface area contributed by atoms with Gasteiger partial charge in [-0.05, 0) is 6.42 Å². The van der Waals surface area contributed by atoms with Crippen LogP contribution in [-0.2, 0) is 9.09 Å². The highest BCUT2D eigenvalue weighted by Gasteiger charge is 1.92. The maximum atomic E-state index is 10.1. The first-order chi connectivity index (χ1) is 7.68. The second-order valence-corrected chi connectivity index (χ2v) is 4.70. The van der Waals surface area contributed by atoms with Crippen LogP contribution in [0, 0.1) is 0 Å². The molecule has 16 heavy (non-hydrogen) atoms. The van der Waals surface area contributed by atoms with E-state index in [9.17, 15) is 4.57 Å².